The number of carbonyl (C=O) groups excluding carboxylic acids is 4. The Morgan fingerprint density at radius 3 is 2.24 bits per heavy atom. The maximum absolute atomic E-state index is 13.4. The molecule has 2 aromatic rings. The second kappa shape index (κ2) is 9.75. The third-order valence-corrected chi connectivity index (χ3v) is 6.10. The molecule has 33 heavy (non-hydrogen) atoms. The average Bonchev–Trinajstić information content (AvgIpc) is 3.03. The second-order valence-corrected chi connectivity index (χ2v) is 9.04. The molecular weight excluding hydrogens is 444 g/mol. The molecule has 3 rings (SSSR count). The molecular formula is C25H27ClN2O5. The number of hydrogen-bond acceptors (Lipinski definition) is 5. The van der Waals surface area contributed by atoms with Gasteiger partial charge < -0.3 is 9.64 Å². The number of rotatable bonds is 7. The van der Waals surface area contributed by atoms with Crippen LogP contribution in [-0.4, -0.2) is 40.2 Å². The predicted molar refractivity (Wildman–Crippen MR) is 125 cm³/mol. The largest absolute Gasteiger partial charge is 0.427 e. The first kappa shape index (κ1) is 24.5. The van der Waals surface area contributed by atoms with Gasteiger partial charge in [0.2, 0.25) is 11.8 Å². The van der Waals surface area contributed by atoms with Crippen LogP contribution in [0.2, 0.25) is 5.02 Å². The van der Waals surface area contributed by atoms with Gasteiger partial charge in [0.25, 0.3) is 5.91 Å². The van der Waals surface area contributed by atoms with Crippen LogP contribution in [0.15, 0.2) is 48.5 Å². The fourth-order valence-corrected chi connectivity index (χ4v) is 4.01. The molecule has 8 heteroatoms. The van der Waals surface area contributed by atoms with E-state index in [-0.39, 0.29) is 24.7 Å². The summed E-state index contributed by atoms with van der Waals surface area (Å²) in [7, 11) is 0. The van der Waals surface area contributed by atoms with Crippen LogP contribution in [0.1, 0.15) is 46.1 Å². The van der Waals surface area contributed by atoms with Gasteiger partial charge >= 0.3 is 5.97 Å². The Labute approximate surface area is 198 Å². The van der Waals surface area contributed by atoms with E-state index in [1.165, 1.54) is 19.1 Å². The Bertz CT molecular complexity index is 1060. The van der Waals surface area contributed by atoms with Gasteiger partial charge in [0.15, 0.2) is 0 Å². The van der Waals surface area contributed by atoms with Crippen molar-refractivity contribution in [2.45, 2.75) is 58.5 Å². The molecule has 1 heterocycles. The van der Waals surface area contributed by atoms with Crippen LogP contribution in [0.5, 0.6) is 5.75 Å². The first-order chi connectivity index (χ1) is 15.5. The number of esters is 1. The van der Waals surface area contributed by atoms with Gasteiger partial charge in [0.05, 0.1) is 18.5 Å². The van der Waals surface area contributed by atoms with Gasteiger partial charge in [0, 0.05) is 17.5 Å². The average molecular weight is 471 g/mol. The van der Waals surface area contributed by atoms with Crippen LogP contribution in [0.3, 0.4) is 0 Å². The van der Waals surface area contributed by atoms with E-state index >= 15 is 0 Å². The summed E-state index contributed by atoms with van der Waals surface area (Å²) < 4.78 is 5.01. The Hall–Kier alpha value is -3.19. The Kier molecular flexibility index (Phi) is 7.22. The third kappa shape index (κ3) is 5.42. The van der Waals surface area contributed by atoms with Gasteiger partial charge in [-0.25, -0.2) is 4.90 Å². The van der Waals surface area contributed by atoms with Crippen LogP contribution >= 0.6 is 11.6 Å². The zero-order chi connectivity index (χ0) is 24.3. The standard InChI is InChI=1S/C25H27ClN2O5/c1-5-25(3,4)28(23(31)14-17-6-8-18(26)9-7-17)21-15-22(30)27(24(21)32)19-10-12-20(13-11-19)33-16(2)29/h6-13,21H,5,14-15H2,1-4H3. The molecule has 0 aliphatic carbocycles. The van der Waals surface area contributed by atoms with E-state index < -0.39 is 23.5 Å². The Balaban J connectivity index is 1.87. The van der Waals surface area contributed by atoms with E-state index in [4.69, 9.17) is 16.3 Å². The molecule has 1 aliphatic heterocycles. The normalized spacial score (nSPS) is 16.2. The van der Waals surface area contributed by atoms with Crippen molar-refractivity contribution in [2.24, 2.45) is 0 Å². The number of hydrogen-bond donors (Lipinski definition) is 0. The van der Waals surface area contributed by atoms with Crippen molar-refractivity contribution in [3.8, 4) is 5.75 Å². The molecule has 1 fully saturated rings. The number of benzene rings is 2. The number of anilines is 1. The number of ether oxygens (including phenoxy) is 1. The van der Waals surface area contributed by atoms with Crippen molar-refractivity contribution in [1.29, 1.82) is 0 Å². The minimum absolute atomic E-state index is 0.0929. The number of carbonyl (C=O) groups is 4. The van der Waals surface area contributed by atoms with Crippen molar-refractivity contribution in [2.75, 3.05) is 4.90 Å². The van der Waals surface area contributed by atoms with Crippen molar-refractivity contribution in [3.63, 3.8) is 0 Å². The van der Waals surface area contributed by atoms with Crippen LogP contribution in [0.4, 0.5) is 5.69 Å². The number of imide groups is 1. The molecule has 0 bridgehead atoms. The fourth-order valence-electron chi connectivity index (χ4n) is 3.88. The van der Waals surface area contributed by atoms with E-state index in [2.05, 4.69) is 0 Å². The quantitative estimate of drug-likeness (QED) is 0.344. The van der Waals surface area contributed by atoms with Crippen LogP contribution < -0.4 is 9.64 Å². The molecule has 1 aliphatic rings. The van der Waals surface area contributed by atoms with E-state index in [1.807, 2.05) is 20.8 Å². The van der Waals surface area contributed by atoms with Crippen molar-refractivity contribution >= 4 is 41.0 Å². The van der Waals surface area contributed by atoms with E-state index in [0.717, 1.165) is 10.5 Å². The first-order valence-electron chi connectivity index (χ1n) is 10.8. The molecule has 0 spiro atoms. The van der Waals surface area contributed by atoms with Crippen LogP contribution in [0, 0.1) is 0 Å². The summed E-state index contributed by atoms with van der Waals surface area (Å²) in [5.74, 6) is -1.23. The molecule has 7 nitrogen and oxygen atoms in total. The maximum Gasteiger partial charge on any atom is 0.308 e. The van der Waals surface area contributed by atoms with Crippen molar-refractivity contribution < 1.29 is 23.9 Å². The Morgan fingerprint density at radius 2 is 1.70 bits per heavy atom. The lowest BCUT2D eigenvalue weighted by Gasteiger charge is -2.41. The zero-order valence-corrected chi connectivity index (χ0v) is 19.9. The number of halogens is 1. The molecule has 0 aromatic heterocycles. The molecule has 174 valence electrons. The summed E-state index contributed by atoms with van der Waals surface area (Å²) in [5.41, 5.74) is 0.498. The molecule has 1 atom stereocenters. The van der Waals surface area contributed by atoms with Gasteiger partial charge in [-0.3, -0.25) is 19.2 Å². The minimum Gasteiger partial charge on any atom is -0.427 e. The molecule has 0 N–H and O–H groups in total. The van der Waals surface area contributed by atoms with E-state index in [1.54, 1.807) is 41.3 Å². The molecule has 1 saturated heterocycles. The monoisotopic (exact) mass is 470 g/mol. The van der Waals surface area contributed by atoms with Gasteiger partial charge in [-0.15, -0.1) is 0 Å². The summed E-state index contributed by atoms with van der Waals surface area (Å²) in [5, 5.41) is 0.573. The molecule has 3 amide bonds. The fraction of sp³-hybridized carbons (Fsp3) is 0.360. The summed E-state index contributed by atoms with van der Waals surface area (Å²) in [6.07, 6.45) is 0.602. The summed E-state index contributed by atoms with van der Waals surface area (Å²) in [6.45, 7) is 7.01. The summed E-state index contributed by atoms with van der Waals surface area (Å²) >= 11 is 5.95. The summed E-state index contributed by atoms with van der Waals surface area (Å²) in [6, 6.07) is 12.2. The third-order valence-electron chi connectivity index (χ3n) is 5.85. The molecule has 1 unspecified atom stereocenters. The highest BCUT2D eigenvalue weighted by atomic mass is 35.5. The second-order valence-electron chi connectivity index (χ2n) is 8.61. The van der Waals surface area contributed by atoms with E-state index in [9.17, 15) is 19.2 Å². The minimum atomic E-state index is -0.902. The summed E-state index contributed by atoms with van der Waals surface area (Å²) in [4.78, 5) is 53.4. The SMILES string of the molecule is CCC(C)(C)N(C(=O)Cc1ccc(Cl)cc1)C1CC(=O)N(c2ccc(OC(C)=O)cc2)C1=O. The van der Waals surface area contributed by atoms with Gasteiger partial charge in [-0.05, 0) is 62.2 Å². The lowest BCUT2D eigenvalue weighted by Crippen LogP contribution is -2.56. The first-order valence-corrected chi connectivity index (χ1v) is 11.1. The predicted octanol–water partition coefficient (Wildman–Crippen LogP) is 4.16. The number of amides is 3. The molecule has 0 saturated carbocycles. The topological polar surface area (TPSA) is 84.0 Å². The van der Waals surface area contributed by atoms with Crippen molar-refractivity contribution in [1.82, 2.24) is 4.90 Å². The molecule has 2 aromatic carbocycles. The highest BCUT2D eigenvalue weighted by Gasteiger charge is 2.48. The smallest absolute Gasteiger partial charge is 0.308 e. The van der Waals surface area contributed by atoms with Crippen molar-refractivity contribution in [3.05, 3.63) is 59.1 Å². The lowest BCUT2D eigenvalue weighted by molar-refractivity contribution is -0.144. The Morgan fingerprint density at radius 1 is 1.09 bits per heavy atom. The van der Waals surface area contributed by atoms with E-state index in [0.29, 0.717) is 22.9 Å². The maximum atomic E-state index is 13.4. The van der Waals surface area contributed by atoms with Gasteiger partial charge in [0.1, 0.15) is 11.8 Å². The van der Waals surface area contributed by atoms with Crippen LogP contribution in [-0.2, 0) is 25.6 Å². The highest BCUT2D eigenvalue weighted by Crippen LogP contribution is 2.32. The molecule has 0 radical (unpaired) electrons. The van der Waals surface area contributed by atoms with Crippen LogP contribution in [0.25, 0.3) is 0 Å². The highest BCUT2D eigenvalue weighted by molar-refractivity contribution is 6.30. The lowest BCUT2D eigenvalue weighted by atomic mass is 9.94. The van der Waals surface area contributed by atoms with Gasteiger partial charge in [-0.2, -0.15) is 0 Å². The zero-order valence-electron chi connectivity index (χ0n) is 19.1. The number of nitrogens with zero attached hydrogens (tertiary/aromatic N) is 2. The van der Waals surface area contributed by atoms with Gasteiger partial charge in [-0.1, -0.05) is 30.7 Å².